The van der Waals surface area contributed by atoms with Crippen LogP contribution in [0.5, 0.6) is 11.5 Å². The Bertz CT molecular complexity index is 1170. The van der Waals surface area contributed by atoms with E-state index in [0.717, 1.165) is 22.4 Å². The second-order valence-corrected chi connectivity index (χ2v) is 10.5. The van der Waals surface area contributed by atoms with Crippen molar-refractivity contribution in [1.82, 2.24) is 10.3 Å². The van der Waals surface area contributed by atoms with Gasteiger partial charge in [-0.2, -0.15) is 0 Å². The van der Waals surface area contributed by atoms with Crippen LogP contribution in [0.25, 0.3) is 0 Å². The first-order valence-electron chi connectivity index (χ1n) is 11.0. The first-order chi connectivity index (χ1) is 15.4. The largest absolute Gasteiger partial charge is 0.496 e. The highest BCUT2D eigenvalue weighted by atomic mass is 32.1. The molecule has 2 aliphatic rings. The van der Waals surface area contributed by atoms with Crippen LogP contribution in [0.15, 0.2) is 42.7 Å². The lowest BCUT2D eigenvalue weighted by molar-refractivity contribution is 0.0953. The van der Waals surface area contributed by atoms with Crippen LogP contribution in [-0.4, -0.2) is 18.0 Å². The maximum absolute atomic E-state index is 13.0. The number of benzene rings is 1. The third-order valence-electron chi connectivity index (χ3n) is 7.05. The van der Waals surface area contributed by atoms with Crippen molar-refractivity contribution in [2.75, 3.05) is 7.11 Å². The van der Waals surface area contributed by atoms with Crippen LogP contribution in [-0.2, 0) is 19.6 Å². The molecule has 32 heavy (non-hydrogen) atoms. The minimum atomic E-state index is 0.0115. The van der Waals surface area contributed by atoms with Gasteiger partial charge in [0, 0.05) is 41.0 Å². The number of carbonyl (C=O) groups is 1. The molecule has 2 aromatic heterocycles. The number of methoxy groups -OCH3 is 1. The molecule has 5 nitrogen and oxygen atoms in total. The van der Waals surface area contributed by atoms with Gasteiger partial charge in [-0.1, -0.05) is 19.9 Å². The first-order valence-corrected chi connectivity index (χ1v) is 11.8. The highest BCUT2D eigenvalue weighted by Crippen LogP contribution is 2.71. The summed E-state index contributed by atoms with van der Waals surface area (Å²) in [5.74, 6) is 2.76. The molecule has 6 heteroatoms. The average molecular weight is 449 g/mol. The summed E-state index contributed by atoms with van der Waals surface area (Å²) in [7, 11) is 1.63. The van der Waals surface area contributed by atoms with Crippen molar-refractivity contribution in [3.05, 3.63) is 74.7 Å². The molecule has 0 spiro atoms. The van der Waals surface area contributed by atoms with E-state index in [9.17, 15) is 4.79 Å². The zero-order valence-electron chi connectivity index (χ0n) is 18.9. The minimum absolute atomic E-state index is 0.0115. The molecule has 1 saturated carbocycles. The predicted octanol–water partition coefficient (Wildman–Crippen LogP) is 5.26. The van der Waals surface area contributed by atoms with E-state index in [1.807, 2.05) is 30.3 Å². The topological polar surface area (TPSA) is 60.5 Å². The maximum Gasteiger partial charge on any atom is 0.261 e. The molecule has 0 aliphatic heterocycles. The number of thiophene rings is 1. The van der Waals surface area contributed by atoms with Gasteiger partial charge in [0.1, 0.15) is 18.1 Å². The second kappa shape index (κ2) is 7.93. The molecule has 2 heterocycles. The van der Waals surface area contributed by atoms with Crippen LogP contribution in [0.1, 0.15) is 56.6 Å². The Hall–Kier alpha value is -2.86. The van der Waals surface area contributed by atoms with Gasteiger partial charge in [-0.25, -0.2) is 0 Å². The summed E-state index contributed by atoms with van der Waals surface area (Å²) in [4.78, 5) is 19.3. The molecule has 3 aromatic rings. The predicted molar refractivity (Wildman–Crippen MR) is 126 cm³/mol. The number of nitrogens with one attached hydrogen (secondary N) is 1. The summed E-state index contributed by atoms with van der Waals surface area (Å²) < 4.78 is 11.4. The molecule has 1 amide bonds. The van der Waals surface area contributed by atoms with E-state index >= 15 is 0 Å². The average Bonchev–Trinajstić information content (AvgIpc) is 3.12. The number of hydrogen-bond acceptors (Lipinski definition) is 5. The molecular formula is C26H28N2O3S. The van der Waals surface area contributed by atoms with Crippen LogP contribution in [0.4, 0.5) is 0 Å². The molecule has 166 valence electrons. The monoisotopic (exact) mass is 448 g/mol. The summed E-state index contributed by atoms with van der Waals surface area (Å²) >= 11 is 1.64. The van der Waals surface area contributed by atoms with Gasteiger partial charge in [0.2, 0.25) is 0 Å². The fraction of sp³-hybridized carbons (Fsp3) is 0.385. The van der Waals surface area contributed by atoms with E-state index in [0.29, 0.717) is 41.9 Å². The van der Waals surface area contributed by atoms with Gasteiger partial charge < -0.3 is 14.8 Å². The van der Waals surface area contributed by atoms with Crippen LogP contribution in [0.2, 0.25) is 0 Å². The van der Waals surface area contributed by atoms with E-state index in [4.69, 9.17) is 9.47 Å². The molecule has 0 bridgehead atoms. The fourth-order valence-electron chi connectivity index (χ4n) is 5.18. The summed E-state index contributed by atoms with van der Waals surface area (Å²) in [5, 5.41) is 3.10. The van der Waals surface area contributed by atoms with Crippen molar-refractivity contribution in [3.8, 4) is 11.5 Å². The highest BCUT2D eigenvalue weighted by molar-refractivity contribution is 7.14. The van der Waals surface area contributed by atoms with Crippen LogP contribution in [0.3, 0.4) is 0 Å². The Balaban J connectivity index is 1.25. The van der Waals surface area contributed by atoms with Crippen molar-refractivity contribution < 1.29 is 14.3 Å². The Kier molecular flexibility index (Phi) is 5.20. The van der Waals surface area contributed by atoms with Crippen molar-refractivity contribution in [3.63, 3.8) is 0 Å². The Morgan fingerprint density at radius 2 is 2.16 bits per heavy atom. The van der Waals surface area contributed by atoms with Gasteiger partial charge in [-0.3, -0.25) is 9.78 Å². The van der Waals surface area contributed by atoms with Crippen molar-refractivity contribution in [1.29, 1.82) is 0 Å². The Morgan fingerprint density at radius 3 is 2.91 bits per heavy atom. The molecule has 5 rings (SSSR count). The second-order valence-electron chi connectivity index (χ2n) is 9.30. The maximum atomic E-state index is 13.0. The molecule has 0 unspecified atom stereocenters. The number of ether oxygens (including phenoxy) is 2. The van der Waals surface area contributed by atoms with Crippen molar-refractivity contribution in [2.24, 2.45) is 11.3 Å². The van der Waals surface area contributed by atoms with E-state index in [1.54, 1.807) is 30.8 Å². The lowest BCUT2D eigenvalue weighted by Crippen LogP contribution is -2.23. The van der Waals surface area contributed by atoms with Crippen molar-refractivity contribution in [2.45, 2.75) is 46.3 Å². The molecule has 2 atom stereocenters. The Labute approximate surface area is 192 Å². The highest BCUT2D eigenvalue weighted by Gasteiger charge is 2.63. The van der Waals surface area contributed by atoms with E-state index in [-0.39, 0.29) is 5.91 Å². The first kappa shape index (κ1) is 21.0. The standard InChI is InChI=1S/C26H28N2O3S/c1-15-22-19(11-20-23(22)26(20,2)3)24(32-15)25(29)28-13-17-7-8-18(10-21(17)30-4)31-14-16-6-5-9-27-12-16/h5-10,12,20,23H,11,13-14H2,1-4H3,(H,28,29)/t20-,23-/m1/s1. The summed E-state index contributed by atoms with van der Waals surface area (Å²) in [6.45, 7) is 7.70. The lowest BCUT2D eigenvalue weighted by atomic mass is 9.95. The molecular weight excluding hydrogens is 420 g/mol. The van der Waals surface area contributed by atoms with Gasteiger partial charge >= 0.3 is 0 Å². The molecule has 1 fully saturated rings. The van der Waals surface area contributed by atoms with Gasteiger partial charge in [-0.05, 0) is 59.9 Å². The number of aromatic nitrogens is 1. The SMILES string of the molecule is COc1cc(OCc2cccnc2)ccc1CNC(=O)c1sc(C)c2c1C[C@@H]1[C@H]2C1(C)C. The number of hydrogen-bond donors (Lipinski definition) is 1. The van der Waals surface area contributed by atoms with E-state index in [2.05, 4.69) is 31.1 Å². The number of nitrogens with zero attached hydrogens (tertiary/aromatic N) is 1. The summed E-state index contributed by atoms with van der Waals surface area (Å²) in [6, 6.07) is 9.57. The number of fused-ring (bicyclic) bond motifs is 3. The van der Waals surface area contributed by atoms with Gasteiger partial charge in [-0.15, -0.1) is 11.3 Å². The molecule has 2 aliphatic carbocycles. The quantitative estimate of drug-likeness (QED) is 0.535. The zero-order chi connectivity index (χ0) is 22.5. The smallest absolute Gasteiger partial charge is 0.261 e. The number of amides is 1. The molecule has 0 saturated heterocycles. The fourth-order valence-corrected chi connectivity index (χ4v) is 6.33. The summed E-state index contributed by atoms with van der Waals surface area (Å²) in [6.07, 6.45) is 4.56. The van der Waals surface area contributed by atoms with Crippen LogP contribution >= 0.6 is 11.3 Å². The number of aryl methyl sites for hydroxylation is 1. The van der Waals surface area contributed by atoms with E-state index in [1.165, 1.54) is 16.0 Å². The number of carbonyl (C=O) groups excluding carboxylic acids is 1. The van der Waals surface area contributed by atoms with E-state index < -0.39 is 0 Å². The van der Waals surface area contributed by atoms with Crippen LogP contribution in [0, 0.1) is 18.3 Å². The van der Waals surface area contributed by atoms with Gasteiger partial charge in [0.15, 0.2) is 0 Å². The van der Waals surface area contributed by atoms with Gasteiger partial charge in [0.25, 0.3) is 5.91 Å². The number of pyridine rings is 1. The Morgan fingerprint density at radius 1 is 1.31 bits per heavy atom. The molecule has 0 radical (unpaired) electrons. The van der Waals surface area contributed by atoms with Crippen LogP contribution < -0.4 is 14.8 Å². The molecule has 1 aromatic carbocycles. The summed E-state index contributed by atoms with van der Waals surface area (Å²) in [5.41, 5.74) is 5.04. The minimum Gasteiger partial charge on any atom is -0.496 e. The normalized spacial score (nSPS) is 19.8. The zero-order valence-corrected chi connectivity index (χ0v) is 19.7. The molecule has 1 N–H and O–H groups in total. The third-order valence-corrected chi connectivity index (χ3v) is 8.21. The van der Waals surface area contributed by atoms with Crippen molar-refractivity contribution >= 4 is 17.2 Å². The lowest BCUT2D eigenvalue weighted by Gasteiger charge is -2.13. The number of rotatable bonds is 7. The third kappa shape index (κ3) is 3.56. The van der Waals surface area contributed by atoms with Gasteiger partial charge in [0.05, 0.1) is 12.0 Å².